The average Bonchev–Trinajstić information content (AvgIpc) is 2.90. The largest absolute Gasteiger partial charge is 0.0711 e. The van der Waals surface area contributed by atoms with Crippen LogP contribution >= 0.6 is 0 Å². The van der Waals surface area contributed by atoms with E-state index in [0.29, 0.717) is 11.8 Å². The SMILES string of the molecule is C[C@@H]1c2ccccc2[C@@]2(C)c3ccccc3C(c3ccccc3)=C[C@@H]12. The van der Waals surface area contributed by atoms with Crippen molar-refractivity contribution in [1.82, 2.24) is 0 Å². The van der Waals surface area contributed by atoms with Crippen LogP contribution in [-0.2, 0) is 5.41 Å². The van der Waals surface area contributed by atoms with E-state index in [-0.39, 0.29) is 5.41 Å². The van der Waals surface area contributed by atoms with Gasteiger partial charge in [0.2, 0.25) is 0 Å². The second kappa shape index (κ2) is 5.20. The van der Waals surface area contributed by atoms with E-state index in [1.54, 1.807) is 0 Å². The Hall–Kier alpha value is -2.60. The number of fused-ring (bicyclic) bond motifs is 5. The van der Waals surface area contributed by atoms with Gasteiger partial charge in [-0.15, -0.1) is 0 Å². The summed E-state index contributed by atoms with van der Waals surface area (Å²) in [6.07, 6.45) is 2.54. The average molecular weight is 322 g/mol. The molecular formula is C25H22. The first-order valence-electron chi connectivity index (χ1n) is 9.18. The van der Waals surface area contributed by atoms with Crippen molar-refractivity contribution in [1.29, 1.82) is 0 Å². The summed E-state index contributed by atoms with van der Waals surface area (Å²) in [5.74, 6) is 1.03. The van der Waals surface area contributed by atoms with Crippen LogP contribution in [-0.4, -0.2) is 0 Å². The summed E-state index contributed by atoms with van der Waals surface area (Å²) >= 11 is 0. The third-order valence-electron chi connectivity index (χ3n) is 6.42. The van der Waals surface area contributed by atoms with Crippen molar-refractivity contribution in [2.75, 3.05) is 0 Å². The van der Waals surface area contributed by atoms with E-state index in [0.717, 1.165) is 0 Å². The quantitative estimate of drug-likeness (QED) is 0.502. The van der Waals surface area contributed by atoms with Crippen LogP contribution in [0.2, 0.25) is 0 Å². The molecule has 25 heavy (non-hydrogen) atoms. The molecule has 0 radical (unpaired) electrons. The fourth-order valence-electron chi connectivity index (χ4n) is 5.19. The minimum absolute atomic E-state index is 0.0604. The molecule has 0 heteroatoms. The summed E-state index contributed by atoms with van der Waals surface area (Å²) in [5.41, 5.74) is 8.64. The van der Waals surface area contributed by atoms with Crippen molar-refractivity contribution >= 4 is 5.57 Å². The smallest absolute Gasteiger partial charge is 0.0252 e. The molecule has 2 aliphatic carbocycles. The molecule has 122 valence electrons. The van der Waals surface area contributed by atoms with Gasteiger partial charge in [-0.25, -0.2) is 0 Å². The van der Waals surface area contributed by atoms with Gasteiger partial charge in [-0.05, 0) is 45.2 Å². The Morgan fingerprint density at radius 3 is 2.16 bits per heavy atom. The van der Waals surface area contributed by atoms with Crippen LogP contribution in [0.15, 0.2) is 84.9 Å². The van der Waals surface area contributed by atoms with Crippen molar-refractivity contribution < 1.29 is 0 Å². The molecule has 0 bridgehead atoms. The van der Waals surface area contributed by atoms with Crippen LogP contribution in [0.25, 0.3) is 5.57 Å². The zero-order valence-corrected chi connectivity index (χ0v) is 14.7. The molecule has 0 aromatic heterocycles. The molecule has 0 aliphatic heterocycles. The third-order valence-corrected chi connectivity index (χ3v) is 6.42. The Balaban J connectivity index is 1.82. The standard InChI is InChI=1S/C25H22/c1-17-19-12-6-8-14-22(19)25(2)23-15-9-7-13-20(23)21(16-24(17)25)18-10-4-3-5-11-18/h3-17,24H,1-2H3/t17-,24+,25+/m1/s1. The van der Waals surface area contributed by atoms with E-state index < -0.39 is 0 Å². The Morgan fingerprint density at radius 1 is 0.720 bits per heavy atom. The van der Waals surface area contributed by atoms with Crippen LogP contribution in [0.1, 0.15) is 47.6 Å². The van der Waals surface area contributed by atoms with E-state index in [1.165, 1.54) is 33.4 Å². The van der Waals surface area contributed by atoms with Crippen LogP contribution in [0.3, 0.4) is 0 Å². The van der Waals surface area contributed by atoms with Crippen LogP contribution < -0.4 is 0 Å². The second-order valence-corrected chi connectivity index (χ2v) is 7.60. The van der Waals surface area contributed by atoms with E-state index in [2.05, 4.69) is 98.8 Å². The second-order valence-electron chi connectivity index (χ2n) is 7.60. The minimum Gasteiger partial charge on any atom is -0.0711 e. The van der Waals surface area contributed by atoms with Gasteiger partial charge in [0.25, 0.3) is 0 Å². The molecule has 0 saturated heterocycles. The summed E-state index contributed by atoms with van der Waals surface area (Å²) in [4.78, 5) is 0. The molecule has 0 spiro atoms. The summed E-state index contributed by atoms with van der Waals surface area (Å²) in [5, 5.41) is 0. The van der Waals surface area contributed by atoms with Crippen LogP contribution in [0.4, 0.5) is 0 Å². The van der Waals surface area contributed by atoms with Crippen LogP contribution in [0, 0.1) is 5.92 Å². The number of allylic oxidation sites excluding steroid dienone is 1. The number of benzene rings is 3. The fraction of sp³-hybridized carbons (Fsp3) is 0.200. The maximum absolute atomic E-state index is 2.54. The highest BCUT2D eigenvalue weighted by Crippen LogP contribution is 2.58. The van der Waals surface area contributed by atoms with Crippen molar-refractivity contribution in [3.05, 3.63) is 113 Å². The van der Waals surface area contributed by atoms with Crippen molar-refractivity contribution in [2.24, 2.45) is 5.92 Å². The molecule has 3 aromatic rings. The lowest BCUT2D eigenvalue weighted by molar-refractivity contribution is 0.406. The first-order chi connectivity index (χ1) is 12.2. The molecule has 3 aromatic carbocycles. The minimum atomic E-state index is 0.0604. The third kappa shape index (κ3) is 1.88. The summed E-state index contributed by atoms with van der Waals surface area (Å²) in [7, 11) is 0. The maximum Gasteiger partial charge on any atom is 0.0252 e. The molecule has 0 heterocycles. The van der Waals surface area contributed by atoms with E-state index in [4.69, 9.17) is 0 Å². The van der Waals surface area contributed by atoms with E-state index in [1.807, 2.05) is 0 Å². The lowest BCUT2D eigenvalue weighted by Crippen LogP contribution is -2.33. The van der Waals surface area contributed by atoms with Gasteiger partial charge in [-0.1, -0.05) is 98.8 Å². The first-order valence-corrected chi connectivity index (χ1v) is 9.18. The van der Waals surface area contributed by atoms with Crippen molar-refractivity contribution in [3.63, 3.8) is 0 Å². The Labute approximate surface area is 149 Å². The van der Waals surface area contributed by atoms with E-state index >= 15 is 0 Å². The predicted octanol–water partition coefficient (Wildman–Crippen LogP) is 6.17. The van der Waals surface area contributed by atoms with Gasteiger partial charge in [0, 0.05) is 5.41 Å². The normalized spacial score (nSPS) is 26.4. The lowest BCUT2D eigenvalue weighted by Gasteiger charge is -2.39. The zero-order valence-electron chi connectivity index (χ0n) is 14.7. The molecule has 5 rings (SSSR count). The molecule has 0 fully saturated rings. The molecule has 0 saturated carbocycles. The Bertz CT molecular complexity index is 980. The number of rotatable bonds is 1. The summed E-state index contributed by atoms with van der Waals surface area (Å²) in [6.45, 7) is 4.83. The van der Waals surface area contributed by atoms with Gasteiger partial charge in [0.1, 0.15) is 0 Å². The maximum atomic E-state index is 2.54. The summed E-state index contributed by atoms with van der Waals surface area (Å²) < 4.78 is 0. The highest BCUT2D eigenvalue weighted by molar-refractivity contribution is 5.85. The van der Waals surface area contributed by atoms with Gasteiger partial charge in [-0.3, -0.25) is 0 Å². The highest BCUT2D eigenvalue weighted by atomic mass is 14.5. The zero-order chi connectivity index (χ0) is 17.0. The summed E-state index contributed by atoms with van der Waals surface area (Å²) in [6, 6.07) is 28.9. The van der Waals surface area contributed by atoms with Crippen molar-refractivity contribution in [2.45, 2.75) is 25.2 Å². The molecule has 3 atom stereocenters. The molecule has 0 nitrogen and oxygen atoms in total. The van der Waals surface area contributed by atoms with Gasteiger partial charge < -0.3 is 0 Å². The Kier molecular flexibility index (Phi) is 3.06. The first kappa shape index (κ1) is 14.7. The molecule has 0 N–H and O–H groups in total. The van der Waals surface area contributed by atoms with E-state index in [9.17, 15) is 0 Å². The molecule has 0 unspecified atom stereocenters. The van der Waals surface area contributed by atoms with Gasteiger partial charge >= 0.3 is 0 Å². The topological polar surface area (TPSA) is 0 Å². The van der Waals surface area contributed by atoms with Gasteiger partial charge in [0.15, 0.2) is 0 Å². The molecule has 2 aliphatic rings. The van der Waals surface area contributed by atoms with Gasteiger partial charge in [0.05, 0.1) is 0 Å². The van der Waals surface area contributed by atoms with Gasteiger partial charge in [-0.2, -0.15) is 0 Å². The van der Waals surface area contributed by atoms with Crippen molar-refractivity contribution in [3.8, 4) is 0 Å². The Morgan fingerprint density at radius 2 is 1.36 bits per heavy atom. The fourth-order valence-corrected chi connectivity index (χ4v) is 5.19. The van der Waals surface area contributed by atoms with Crippen LogP contribution in [0.5, 0.6) is 0 Å². The predicted molar refractivity (Wildman–Crippen MR) is 105 cm³/mol. The lowest BCUT2D eigenvalue weighted by atomic mass is 9.63. The highest BCUT2D eigenvalue weighted by Gasteiger charge is 2.50. The number of hydrogen-bond acceptors (Lipinski definition) is 0. The molecule has 0 amide bonds. The number of hydrogen-bond donors (Lipinski definition) is 0. The monoisotopic (exact) mass is 322 g/mol. The molecular weight excluding hydrogens is 300 g/mol.